The molecule has 0 radical (unpaired) electrons. The molecule has 10 heteroatoms. The van der Waals surface area contributed by atoms with Crippen LogP contribution in [-0.2, 0) is 32.7 Å². The van der Waals surface area contributed by atoms with Gasteiger partial charge in [0.1, 0.15) is 19.8 Å². The average molecular weight is 1360 g/mol. The molecule has 0 aromatic carbocycles. The SMILES string of the molecule is CC/C=C\C/C=C\C/C=C\C/C=C\C/C=C\C/C=C\C/C=C\C/C=C\CCCCCCCCCCCCCCC(=O)OC(COC(=O)CCCCCCCCCCCCCCCCCCCCCCCCC/C=C\CCCCCCCCCC)COP(=O)([O-])OCC[N+](C)(C)C. The molecule has 0 N–H and O–H groups in total. The van der Waals surface area contributed by atoms with E-state index < -0.39 is 26.5 Å². The number of phosphoric acid groups is 1. The van der Waals surface area contributed by atoms with Crippen LogP contribution in [0.4, 0.5) is 0 Å². The van der Waals surface area contributed by atoms with Crippen LogP contribution in [-0.4, -0.2) is 70.0 Å². The Hall–Kier alpha value is -3.33. The monoisotopic (exact) mass is 1360 g/mol. The first kappa shape index (κ1) is 92.7. The molecule has 2 atom stereocenters. The Balaban J connectivity index is 3.97. The van der Waals surface area contributed by atoms with E-state index in [0.717, 1.165) is 89.9 Å². The van der Waals surface area contributed by atoms with Crippen LogP contribution in [0.15, 0.2) is 109 Å². The summed E-state index contributed by atoms with van der Waals surface area (Å²) >= 11 is 0. The zero-order valence-electron chi connectivity index (χ0n) is 63.6. The summed E-state index contributed by atoms with van der Waals surface area (Å²) in [7, 11) is 1.17. The molecule has 0 saturated carbocycles. The summed E-state index contributed by atoms with van der Waals surface area (Å²) in [6.45, 7) is 4.17. The lowest BCUT2D eigenvalue weighted by molar-refractivity contribution is -0.870. The second kappa shape index (κ2) is 75.9. The fourth-order valence-corrected chi connectivity index (χ4v) is 12.3. The van der Waals surface area contributed by atoms with Gasteiger partial charge in [0, 0.05) is 12.8 Å². The van der Waals surface area contributed by atoms with E-state index in [1.165, 1.54) is 250 Å². The van der Waals surface area contributed by atoms with Crippen LogP contribution < -0.4 is 4.89 Å². The van der Waals surface area contributed by atoms with E-state index in [1.54, 1.807) is 0 Å². The molecule has 0 spiro atoms. The molecule has 2 unspecified atom stereocenters. The van der Waals surface area contributed by atoms with Gasteiger partial charge in [-0.1, -0.05) is 367 Å². The number of hydrogen-bond acceptors (Lipinski definition) is 8. The summed E-state index contributed by atoms with van der Waals surface area (Å²) in [6.07, 6.45) is 108. The van der Waals surface area contributed by atoms with Crippen LogP contribution in [0.5, 0.6) is 0 Å². The van der Waals surface area contributed by atoms with E-state index in [4.69, 9.17) is 18.5 Å². The zero-order valence-corrected chi connectivity index (χ0v) is 64.5. The van der Waals surface area contributed by atoms with Crippen molar-refractivity contribution >= 4 is 19.8 Å². The number of rotatable bonds is 75. The summed E-state index contributed by atoms with van der Waals surface area (Å²) in [5.74, 6) is -0.823. The highest BCUT2D eigenvalue weighted by Crippen LogP contribution is 2.38. The molecular formula is C86H154NO8P. The van der Waals surface area contributed by atoms with E-state index in [2.05, 4.69) is 123 Å². The van der Waals surface area contributed by atoms with Gasteiger partial charge in [-0.2, -0.15) is 0 Å². The van der Waals surface area contributed by atoms with E-state index in [9.17, 15) is 19.0 Å². The van der Waals surface area contributed by atoms with Gasteiger partial charge in [-0.15, -0.1) is 0 Å². The highest BCUT2D eigenvalue weighted by Gasteiger charge is 2.22. The van der Waals surface area contributed by atoms with Crippen molar-refractivity contribution in [1.82, 2.24) is 0 Å². The van der Waals surface area contributed by atoms with Crippen molar-refractivity contribution in [2.24, 2.45) is 0 Å². The average Bonchev–Trinajstić information content (AvgIpc) is 2.72. The third kappa shape index (κ3) is 79.7. The summed E-state index contributed by atoms with van der Waals surface area (Å²) in [4.78, 5) is 38.2. The van der Waals surface area contributed by atoms with Gasteiger partial charge < -0.3 is 27.9 Å². The lowest BCUT2D eigenvalue weighted by Crippen LogP contribution is -2.37. The Morgan fingerprint density at radius 2 is 0.594 bits per heavy atom. The Morgan fingerprint density at radius 3 is 0.896 bits per heavy atom. The fourth-order valence-electron chi connectivity index (χ4n) is 11.6. The molecular weight excluding hydrogens is 1210 g/mol. The third-order valence-electron chi connectivity index (χ3n) is 17.8. The van der Waals surface area contributed by atoms with Gasteiger partial charge in [0.15, 0.2) is 6.10 Å². The molecule has 0 heterocycles. The molecule has 0 aromatic rings. The standard InChI is InChI=1S/C86H154NO8P/c1-6-8-10-12-14-16-18-20-22-24-26-28-30-32-34-36-38-40-42-43-45-47-49-51-53-55-57-59-61-63-65-67-69-71-73-75-77-79-86(89)95-84(83-94-96(90,91)93-81-80-87(3,4)5)82-92-85(88)78-76-74-72-70-68-66-64-62-60-58-56-54-52-50-48-46-44-41-39-37-35-33-31-29-27-25-23-21-19-17-15-13-11-9-7-2/h8,10,14,16,20,22,25-28,32,34,38,40,43,45,49,51,84H,6-7,9,11-13,15,17-19,21,23-24,29-31,33,35-37,39,41-42,44,46-48,50,52-83H2,1-5H3/b10-8-,16-14-,22-20-,27-25-,28-26-,34-32-,40-38-,45-43-,51-49-. The van der Waals surface area contributed by atoms with Crippen molar-refractivity contribution in [3.63, 3.8) is 0 Å². The minimum absolute atomic E-state index is 0.0332. The molecule has 0 aliphatic carbocycles. The van der Waals surface area contributed by atoms with E-state index in [0.29, 0.717) is 17.4 Å². The number of likely N-dealkylation sites (N-methyl/N-ethyl adjacent to an activating group) is 1. The van der Waals surface area contributed by atoms with Crippen molar-refractivity contribution in [2.75, 3.05) is 47.5 Å². The number of phosphoric ester groups is 1. The maximum absolute atomic E-state index is 12.9. The van der Waals surface area contributed by atoms with Crippen LogP contribution >= 0.6 is 7.82 Å². The van der Waals surface area contributed by atoms with Gasteiger partial charge in [-0.25, -0.2) is 0 Å². The topological polar surface area (TPSA) is 111 Å². The molecule has 0 aromatic heterocycles. The van der Waals surface area contributed by atoms with Crippen LogP contribution in [0.25, 0.3) is 0 Å². The molecule has 0 fully saturated rings. The minimum atomic E-state index is -4.65. The van der Waals surface area contributed by atoms with Crippen LogP contribution in [0.1, 0.15) is 373 Å². The number of carbonyl (C=O) groups excluding carboxylic acids is 2. The van der Waals surface area contributed by atoms with Gasteiger partial charge in [0.25, 0.3) is 7.82 Å². The predicted octanol–water partition coefficient (Wildman–Crippen LogP) is 26.5. The van der Waals surface area contributed by atoms with Crippen molar-refractivity contribution in [2.45, 2.75) is 380 Å². The van der Waals surface area contributed by atoms with E-state index >= 15 is 0 Å². The Labute approximate surface area is 595 Å². The van der Waals surface area contributed by atoms with Gasteiger partial charge in [0.2, 0.25) is 0 Å². The highest BCUT2D eigenvalue weighted by atomic mass is 31.2. The van der Waals surface area contributed by atoms with Gasteiger partial charge in [0.05, 0.1) is 27.7 Å². The van der Waals surface area contributed by atoms with Crippen LogP contribution in [0.3, 0.4) is 0 Å². The molecule has 0 rings (SSSR count). The van der Waals surface area contributed by atoms with Crippen LogP contribution in [0, 0.1) is 0 Å². The van der Waals surface area contributed by atoms with Gasteiger partial charge >= 0.3 is 11.9 Å². The lowest BCUT2D eigenvalue weighted by atomic mass is 10.0. The number of ether oxygens (including phenoxy) is 2. The maximum Gasteiger partial charge on any atom is 0.306 e. The molecule has 0 amide bonds. The predicted molar refractivity (Wildman–Crippen MR) is 415 cm³/mol. The molecule has 9 nitrogen and oxygen atoms in total. The van der Waals surface area contributed by atoms with Crippen molar-refractivity contribution < 1.29 is 42.1 Å². The number of allylic oxidation sites excluding steroid dienone is 18. The number of carbonyl (C=O) groups is 2. The van der Waals surface area contributed by atoms with Crippen LogP contribution in [0.2, 0.25) is 0 Å². The highest BCUT2D eigenvalue weighted by molar-refractivity contribution is 7.45. The molecule has 0 aliphatic rings. The Morgan fingerprint density at radius 1 is 0.333 bits per heavy atom. The number of hydrogen-bond donors (Lipinski definition) is 0. The Bertz CT molecular complexity index is 1990. The number of nitrogens with zero attached hydrogens (tertiary/aromatic N) is 1. The third-order valence-corrected chi connectivity index (χ3v) is 18.7. The molecule has 0 aliphatic heterocycles. The second-order valence-electron chi connectivity index (χ2n) is 28.4. The maximum atomic E-state index is 12.9. The summed E-state index contributed by atoms with van der Waals surface area (Å²) < 4.78 is 34.4. The number of esters is 2. The van der Waals surface area contributed by atoms with Crippen molar-refractivity contribution in [3.8, 4) is 0 Å². The molecule has 96 heavy (non-hydrogen) atoms. The quantitative estimate of drug-likeness (QED) is 0.0195. The molecule has 556 valence electrons. The van der Waals surface area contributed by atoms with Gasteiger partial charge in [-0.3, -0.25) is 14.2 Å². The lowest BCUT2D eigenvalue weighted by Gasteiger charge is -2.28. The van der Waals surface area contributed by atoms with E-state index in [-0.39, 0.29) is 32.0 Å². The zero-order chi connectivity index (χ0) is 69.7. The van der Waals surface area contributed by atoms with Gasteiger partial charge in [-0.05, 0) is 103 Å². The number of unbranched alkanes of at least 4 members (excludes halogenated alkanes) is 43. The summed E-state index contributed by atoms with van der Waals surface area (Å²) in [6, 6.07) is 0. The first-order chi connectivity index (χ1) is 47.0. The second-order valence-corrected chi connectivity index (χ2v) is 29.8. The minimum Gasteiger partial charge on any atom is -0.756 e. The van der Waals surface area contributed by atoms with Crippen molar-refractivity contribution in [1.29, 1.82) is 0 Å². The molecule has 0 saturated heterocycles. The first-order valence-electron chi connectivity index (χ1n) is 40.6. The number of quaternary nitrogens is 1. The largest absolute Gasteiger partial charge is 0.756 e. The summed E-state index contributed by atoms with van der Waals surface area (Å²) in [5, 5.41) is 0. The molecule has 0 bridgehead atoms. The van der Waals surface area contributed by atoms with E-state index in [1.807, 2.05) is 21.1 Å². The smallest absolute Gasteiger partial charge is 0.306 e. The first-order valence-corrected chi connectivity index (χ1v) is 42.1. The summed E-state index contributed by atoms with van der Waals surface area (Å²) in [5.41, 5.74) is 0. The Kier molecular flexibility index (Phi) is 73.2. The fraction of sp³-hybridized carbons (Fsp3) is 0.767. The van der Waals surface area contributed by atoms with Crippen molar-refractivity contribution in [3.05, 3.63) is 109 Å². The normalized spacial score (nSPS) is 13.6.